The summed E-state index contributed by atoms with van der Waals surface area (Å²) in [6.07, 6.45) is 0. The molecule has 2 aliphatic rings. The zero-order valence-electron chi connectivity index (χ0n) is 79.2. The number of carbonyl (C=O) groups is 6. The van der Waals surface area contributed by atoms with Crippen molar-refractivity contribution in [2.24, 2.45) is 0 Å². The van der Waals surface area contributed by atoms with Gasteiger partial charge >= 0.3 is 0 Å². The maximum Gasteiger partial charge on any atom is 0.193 e. The van der Waals surface area contributed by atoms with E-state index in [0.29, 0.717) is 33.4 Å². The zero-order chi connectivity index (χ0) is 97.3. The minimum absolute atomic E-state index is 0.211. The van der Waals surface area contributed by atoms with Crippen molar-refractivity contribution in [3.8, 4) is 22.7 Å². The number of rotatable bonds is 18. The molecule has 20 aromatic carbocycles. The van der Waals surface area contributed by atoms with Gasteiger partial charge in [0.05, 0.1) is 66.9 Å². The third-order valence-electron chi connectivity index (χ3n) is 29.4. The molecule has 0 amide bonds. The first-order chi connectivity index (χ1) is 70.4. The van der Waals surface area contributed by atoms with Crippen molar-refractivity contribution in [1.82, 2.24) is 18.3 Å². The molecule has 0 atom stereocenters. The fourth-order valence-corrected chi connectivity index (χ4v) is 22.3. The highest BCUT2D eigenvalue weighted by atomic mass is 16.1. The van der Waals surface area contributed by atoms with E-state index in [2.05, 4.69) is 250 Å². The van der Waals surface area contributed by atoms with Crippen molar-refractivity contribution in [3.63, 3.8) is 0 Å². The van der Waals surface area contributed by atoms with Crippen LogP contribution in [0.3, 0.4) is 0 Å². The van der Waals surface area contributed by atoms with Gasteiger partial charge in [0.25, 0.3) is 0 Å². The van der Waals surface area contributed by atoms with Crippen molar-refractivity contribution >= 4 is 156 Å². The molecule has 26 rings (SSSR count). The number of anilines is 6. The SMILES string of the molecule is CC1(C)c2ccccc2N(c2ccc(C(=O)c3cc(C(=O)c4ccc(N5c6ccccc6C(C)(C)c6ccccc65)cc4)cc(C(=O)c4ccc(-n5c6ccccc6c6ccccc65)cc4)c3)cc2)c2ccccc21.O=C(c1ccc(-n2c3ccccc3c3ccccc32)cc1)c1cc(C(=O)c2ccc(-n3c4ccccc4c4ccccc43)cc2)cc(C(=O)c2ccc(-n3c4ccccc4c4ccccc43)cc2)c1. The van der Waals surface area contributed by atoms with Crippen LogP contribution in [0.25, 0.3) is 110 Å². The first-order valence-electron chi connectivity index (χ1n) is 48.6. The molecule has 4 aromatic heterocycles. The Morgan fingerprint density at radius 3 is 0.458 bits per heavy atom. The van der Waals surface area contributed by atoms with Crippen LogP contribution in [0.4, 0.5) is 34.1 Å². The van der Waals surface area contributed by atoms with Crippen LogP contribution in [0.1, 0.15) is 145 Å². The van der Waals surface area contributed by atoms with Crippen LogP contribution in [0.15, 0.2) is 473 Å². The van der Waals surface area contributed by atoms with Crippen LogP contribution in [-0.4, -0.2) is 53.0 Å². The van der Waals surface area contributed by atoms with Gasteiger partial charge in [0.2, 0.25) is 0 Å². The first-order valence-corrected chi connectivity index (χ1v) is 48.6. The van der Waals surface area contributed by atoms with Gasteiger partial charge in [0.1, 0.15) is 0 Å². The number of ketones is 6. The second-order valence-corrected chi connectivity index (χ2v) is 38.3. The lowest BCUT2D eigenvalue weighted by Gasteiger charge is -2.42. The molecule has 6 heterocycles. The molecular weight excluding hydrogens is 1770 g/mol. The Hall–Kier alpha value is -18.8. The van der Waals surface area contributed by atoms with E-state index in [1.54, 1.807) is 36.4 Å². The van der Waals surface area contributed by atoms with Gasteiger partial charge in [-0.3, -0.25) is 28.8 Å². The molecule has 0 aliphatic carbocycles. The summed E-state index contributed by atoms with van der Waals surface area (Å²) in [5.74, 6) is -1.78. The van der Waals surface area contributed by atoms with Gasteiger partial charge in [-0.15, -0.1) is 0 Å². The van der Waals surface area contributed by atoms with Crippen molar-refractivity contribution in [1.29, 1.82) is 0 Å². The summed E-state index contributed by atoms with van der Waals surface area (Å²) in [5, 5.41) is 9.18. The molecule has 0 unspecified atom stereocenters. The Labute approximate surface area is 830 Å². The summed E-state index contributed by atoms with van der Waals surface area (Å²) in [6.45, 7) is 9.03. The van der Waals surface area contributed by atoms with Crippen LogP contribution in [0, 0.1) is 0 Å². The maximum absolute atomic E-state index is 14.9. The smallest absolute Gasteiger partial charge is 0.193 e. The topological polar surface area (TPSA) is 129 Å². The predicted molar refractivity (Wildman–Crippen MR) is 583 cm³/mol. The minimum Gasteiger partial charge on any atom is -0.310 e. The number of hydrogen-bond acceptors (Lipinski definition) is 8. The van der Waals surface area contributed by atoms with Crippen molar-refractivity contribution < 1.29 is 28.8 Å². The molecule has 24 aromatic rings. The fourth-order valence-electron chi connectivity index (χ4n) is 22.3. The van der Waals surface area contributed by atoms with Crippen LogP contribution >= 0.6 is 0 Å². The molecule has 0 N–H and O–H groups in total. The van der Waals surface area contributed by atoms with E-state index in [9.17, 15) is 28.8 Å². The van der Waals surface area contributed by atoms with Gasteiger partial charge in [-0.25, -0.2) is 0 Å². The molecule has 12 nitrogen and oxygen atoms in total. The van der Waals surface area contributed by atoms with Crippen molar-refractivity contribution in [2.45, 2.75) is 38.5 Å². The molecular formula is C132H90N6O6. The summed E-state index contributed by atoms with van der Waals surface area (Å²) in [5.41, 5.74) is 26.9. The maximum atomic E-state index is 14.9. The zero-order valence-corrected chi connectivity index (χ0v) is 79.2. The lowest BCUT2D eigenvalue weighted by Crippen LogP contribution is -2.30. The summed E-state index contributed by atoms with van der Waals surface area (Å²) < 4.78 is 8.81. The van der Waals surface area contributed by atoms with Gasteiger partial charge in [-0.05, 0) is 277 Å². The number of benzene rings is 20. The second kappa shape index (κ2) is 34.7. The molecule has 144 heavy (non-hydrogen) atoms. The Morgan fingerprint density at radius 2 is 0.292 bits per heavy atom. The van der Waals surface area contributed by atoms with Crippen LogP contribution in [0.5, 0.6) is 0 Å². The quantitative estimate of drug-likeness (QED) is 0.0777. The lowest BCUT2D eigenvalue weighted by atomic mass is 9.73. The highest BCUT2D eigenvalue weighted by Gasteiger charge is 2.39. The van der Waals surface area contributed by atoms with Crippen LogP contribution < -0.4 is 9.80 Å². The van der Waals surface area contributed by atoms with Gasteiger partial charge in [-0.1, -0.05) is 246 Å². The van der Waals surface area contributed by atoms with Crippen molar-refractivity contribution in [2.75, 3.05) is 9.80 Å². The van der Waals surface area contributed by atoms with E-state index in [0.717, 1.165) is 144 Å². The third kappa shape index (κ3) is 14.4. The molecule has 0 saturated heterocycles. The number of hydrogen-bond donors (Lipinski definition) is 0. The van der Waals surface area contributed by atoms with E-state index in [1.165, 1.54) is 22.3 Å². The normalized spacial score (nSPS) is 12.8. The van der Waals surface area contributed by atoms with Crippen LogP contribution in [-0.2, 0) is 10.8 Å². The van der Waals surface area contributed by atoms with Crippen LogP contribution in [0.2, 0.25) is 0 Å². The number of carbonyl (C=O) groups excluding carboxylic acids is 6. The standard InChI is InChI=1S/C69H51N3O3.C63H39N3O3/c1-68(2)55-19-7-13-25-61(55)71(62-26-14-8-20-56(62)68)51-37-31-45(32-38-51)66(74)48-41-47(65(73)44-29-35-50(36-30-44)70-59-23-11-5-17-53(59)54-18-6-12-24-60(54)70)42-49(43-48)67(75)46-33-39-52(40-34-46)72-63-27-15-9-21-57(63)69(3,4)58-22-10-16-28-64(58)72;67-61(40-25-31-46(32-26-40)64-55-19-7-1-13-49(55)50-14-2-8-20-56(50)64)43-37-44(62(68)41-27-33-47(34-28-41)65-57-21-9-3-15-51(57)52-16-4-10-22-58(52)65)39-45(38-43)63(69)42-29-35-48(36-30-42)66-59-23-11-5-17-53(59)54-18-6-12-24-60(54)66/h5-43H,1-4H3;1-39H. The monoisotopic (exact) mass is 1850 g/mol. The molecule has 0 spiro atoms. The lowest BCUT2D eigenvalue weighted by molar-refractivity contribution is 0.101. The average Bonchev–Trinajstić information content (AvgIpc) is 1.68. The largest absolute Gasteiger partial charge is 0.310 e. The molecule has 12 heteroatoms. The minimum atomic E-state index is -0.298. The molecule has 0 fully saturated rings. The molecule has 684 valence electrons. The van der Waals surface area contributed by atoms with E-state index >= 15 is 0 Å². The Kier molecular flexibility index (Phi) is 20.9. The summed E-state index contributed by atoms with van der Waals surface area (Å²) in [6, 6.07) is 155. The Bertz CT molecular complexity index is 8500. The Balaban J connectivity index is 0.000000151. The number of para-hydroxylation sites is 12. The highest BCUT2D eigenvalue weighted by molar-refractivity contribution is 6.21. The van der Waals surface area contributed by atoms with E-state index in [4.69, 9.17) is 0 Å². The molecule has 0 radical (unpaired) electrons. The average molecular weight is 1860 g/mol. The highest BCUT2D eigenvalue weighted by Crippen LogP contribution is 2.54. The predicted octanol–water partition coefficient (Wildman–Crippen LogP) is 31.4. The third-order valence-corrected chi connectivity index (χ3v) is 29.4. The summed E-state index contributed by atoms with van der Waals surface area (Å²) >= 11 is 0. The second-order valence-electron chi connectivity index (χ2n) is 38.3. The molecule has 0 saturated carbocycles. The fraction of sp³-hybridized carbons (Fsp3) is 0.0455. The van der Waals surface area contributed by atoms with Gasteiger partial charge in [-0.2, -0.15) is 0 Å². The Morgan fingerprint density at radius 1 is 0.153 bits per heavy atom. The van der Waals surface area contributed by atoms with Gasteiger partial charge in [0, 0.05) is 155 Å². The summed E-state index contributed by atoms with van der Waals surface area (Å²) in [4.78, 5) is 92.9. The number of aromatic nitrogens is 4. The number of fused-ring (bicyclic) bond motifs is 16. The first kappa shape index (κ1) is 86.8. The van der Waals surface area contributed by atoms with E-state index in [-0.39, 0.29) is 78.9 Å². The molecule has 2 aliphatic heterocycles. The molecule has 0 bridgehead atoms. The summed E-state index contributed by atoms with van der Waals surface area (Å²) in [7, 11) is 0. The van der Waals surface area contributed by atoms with Gasteiger partial charge < -0.3 is 28.1 Å². The number of nitrogens with zero attached hydrogens (tertiary/aromatic N) is 6. The van der Waals surface area contributed by atoms with E-state index < -0.39 is 0 Å². The van der Waals surface area contributed by atoms with E-state index in [1.807, 2.05) is 243 Å². The van der Waals surface area contributed by atoms with Gasteiger partial charge in [0.15, 0.2) is 34.7 Å². The van der Waals surface area contributed by atoms with Crippen molar-refractivity contribution in [3.05, 3.63) is 562 Å².